The van der Waals surface area contributed by atoms with Crippen molar-refractivity contribution in [3.05, 3.63) is 35.4 Å². The van der Waals surface area contributed by atoms with Crippen molar-refractivity contribution in [2.24, 2.45) is 0 Å². The minimum absolute atomic E-state index is 0.0285. The molecule has 0 aromatic heterocycles. The molecule has 4 heteroatoms. The number of amides is 2. The molecule has 1 aliphatic carbocycles. The molecule has 1 saturated carbocycles. The van der Waals surface area contributed by atoms with E-state index in [0.29, 0.717) is 18.2 Å². The maximum absolute atomic E-state index is 12.1. The van der Waals surface area contributed by atoms with Crippen molar-refractivity contribution < 1.29 is 4.79 Å². The van der Waals surface area contributed by atoms with Gasteiger partial charge < -0.3 is 10.2 Å². The first-order valence-electron chi connectivity index (χ1n) is 7.20. The second kappa shape index (κ2) is 6.95. The van der Waals surface area contributed by atoms with Gasteiger partial charge in [-0.25, -0.2) is 4.79 Å². The molecule has 2 amide bonds. The van der Waals surface area contributed by atoms with E-state index in [4.69, 9.17) is 5.26 Å². The maximum Gasteiger partial charge on any atom is 0.317 e. The van der Waals surface area contributed by atoms with E-state index in [1.54, 1.807) is 12.1 Å². The quantitative estimate of drug-likeness (QED) is 0.918. The molecule has 0 atom stereocenters. The highest BCUT2D eigenvalue weighted by molar-refractivity contribution is 5.74. The monoisotopic (exact) mass is 271 g/mol. The third-order valence-electron chi connectivity index (χ3n) is 3.94. The number of urea groups is 1. The van der Waals surface area contributed by atoms with E-state index < -0.39 is 0 Å². The standard InChI is InChI=1S/C16H21N3O/c1-19(15-8-3-2-4-9-15)16(20)18-12-14-7-5-6-13(10-14)11-17/h5-7,10,15H,2-4,8-9,12H2,1H3,(H,18,20). The van der Waals surface area contributed by atoms with Gasteiger partial charge in [-0.05, 0) is 30.5 Å². The average Bonchev–Trinajstić information content (AvgIpc) is 2.53. The number of rotatable bonds is 3. The van der Waals surface area contributed by atoms with Gasteiger partial charge in [0.25, 0.3) is 0 Å². The first-order chi connectivity index (χ1) is 9.70. The van der Waals surface area contributed by atoms with E-state index in [9.17, 15) is 4.79 Å². The summed E-state index contributed by atoms with van der Waals surface area (Å²) in [5.41, 5.74) is 1.58. The van der Waals surface area contributed by atoms with Crippen LogP contribution < -0.4 is 5.32 Å². The Morgan fingerprint density at radius 1 is 1.40 bits per heavy atom. The van der Waals surface area contributed by atoms with Gasteiger partial charge >= 0.3 is 6.03 Å². The average molecular weight is 271 g/mol. The second-order valence-corrected chi connectivity index (χ2v) is 5.37. The number of hydrogen-bond donors (Lipinski definition) is 1. The summed E-state index contributed by atoms with van der Waals surface area (Å²) < 4.78 is 0. The van der Waals surface area contributed by atoms with Gasteiger partial charge in [-0.15, -0.1) is 0 Å². The van der Waals surface area contributed by atoms with Crippen LogP contribution in [-0.2, 0) is 6.54 Å². The molecule has 1 fully saturated rings. The minimum Gasteiger partial charge on any atom is -0.334 e. The SMILES string of the molecule is CN(C(=O)NCc1cccc(C#N)c1)C1CCCCC1. The molecule has 0 aliphatic heterocycles. The Morgan fingerprint density at radius 3 is 2.85 bits per heavy atom. The molecule has 2 rings (SSSR count). The van der Waals surface area contributed by atoms with E-state index in [0.717, 1.165) is 18.4 Å². The maximum atomic E-state index is 12.1. The van der Waals surface area contributed by atoms with Crippen molar-refractivity contribution >= 4 is 6.03 Å². The van der Waals surface area contributed by atoms with Gasteiger partial charge in [0.15, 0.2) is 0 Å². The smallest absolute Gasteiger partial charge is 0.317 e. The lowest BCUT2D eigenvalue weighted by Crippen LogP contribution is -2.44. The Kier molecular flexibility index (Phi) is 5.00. The second-order valence-electron chi connectivity index (χ2n) is 5.37. The lowest BCUT2D eigenvalue weighted by molar-refractivity contribution is 0.173. The number of hydrogen-bond acceptors (Lipinski definition) is 2. The Bertz CT molecular complexity index is 501. The molecule has 1 N–H and O–H groups in total. The minimum atomic E-state index is -0.0285. The van der Waals surface area contributed by atoms with E-state index in [1.165, 1.54) is 19.3 Å². The zero-order valence-corrected chi connectivity index (χ0v) is 11.9. The summed E-state index contributed by atoms with van der Waals surface area (Å²) in [5, 5.41) is 11.8. The Labute approximate surface area is 120 Å². The molecule has 4 nitrogen and oxygen atoms in total. The summed E-state index contributed by atoms with van der Waals surface area (Å²) in [5.74, 6) is 0. The predicted octanol–water partition coefficient (Wildman–Crippen LogP) is 3.03. The fourth-order valence-corrected chi connectivity index (χ4v) is 2.69. The van der Waals surface area contributed by atoms with Crippen LogP contribution in [0.3, 0.4) is 0 Å². The lowest BCUT2D eigenvalue weighted by atomic mass is 9.95. The molecule has 20 heavy (non-hydrogen) atoms. The van der Waals surface area contributed by atoms with E-state index in [2.05, 4.69) is 11.4 Å². The van der Waals surface area contributed by atoms with E-state index >= 15 is 0 Å². The Hall–Kier alpha value is -2.02. The third kappa shape index (κ3) is 3.74. The Balaban J connectivity index is 1.86. The van der Waals surface area contributed by atoms with Crippen molar-refractivity contribution in [2.45, 2.75) is 44.7 Å². The zero-order chi connectivity index (χ0) is 14.4. The number of nitrogens with zero attached hydrogens (tertiary/aromatic N) is 2. The fraction of sp³-hybridized carbons (Fsp3) is 0.500. The normalized spacial score (nSPS) is 15.4. The third-order valence-corrected chi connectivity index (χ3v) is 3.94. The van der Waals surface area contributed by atoms with Crippen LogP contribution in [0.25, 0.3) is 0 Å². The van der Waals surface area contributed by atoms with Crippen LogP contribution >= 0.6 is 0 Å². The highest BCUT2D eigenvalue weighted by Gasteiger charge is 2.21. The number of carbonyl (C=O) groups is 1. The molecule has 0 unspecified atom stereocenters. The van der Waals surface area contributed by atoms with Gasteiger partial charge in [-0.1, -0.05) is 31.4 Å². The zero-order valence-electron chi connectivity index (χ0n) is 11.9. The van der Waals surface area contributed by atoms with Crippen LogP contribution in [0.4, 0.5) is 4.79 Å². The molecular weight excluding hydrogens is 250 g/mol. The molecule has 0 heterocycles. The molecule has 1 aromatic rings. The number of benzene rings is 1. The fourth-order valence-electron chi connectivity index (χ4n) is 2.69. The van der Waals surface area contributed by atoms with Gasteiger partial charge in [0, 0.05) is 19.6 Å². The van der Waals surface area contributed by atoms with Crippen LogP contribution in [0.5, 0.6) is 0 Å². The molecule has 0 saturated heterocycles. The molecule has 1 aromatic carbocycles. The van der Waals surface area contributed by atoms with Crippen LogP contribution in [0.15, 0.2) is 24.3 Å². The topological polar surface area (TPSA) is 56.1 Å². The van der Waals surface area contributed by atoms with Gasteiger partial charge in [-0.2, -0.15) is 5.26 Å². The highest BCUT2D eigenvalue weighted by atomic mass is 16.2. The summed E-state index contributed by atoms with van der Waals surface area (Å²) in [7, 11) is 1.87. The van der Waals surface area contributed by atoms with Crippen LogP contribution in [0.1, 0.15) is 43.2 Å². The molecule has 0 radical (unpaired) electrons. The van der Waals surface area contributed by atoms with Crippen LogP contribution in [0.2, 0.25) is 0 Å². The van der Waals surface area contributed by atoms with Gasteiger partial charge in [0.05, 0.1) is 11.6 Å². The molecule has 0 spiro atoms. The first kappa shape index (κ1) is 14.4. The van der Waals surface area contributed by atoms with Gasteiger partial charge in [-0.3, -0.25) is 0 Å². The summed E-state index contributed by atoms with van der Waals surface area (Å²) >= 11 is 0. The van der Waals surface area contributed by atoms with Gasteiger partial charge in [0.1, 0.15) is 0 Å². The molecule has 106 valence electrons. The summed E-state index contributed by atoms with van der Waals surface area (Å²) in [6.07, 6.45) is 5.92. The largest absolute Gasteiger partial charge is 0.334 e. The summed E-state index contributed by atoms with van der Waals surface area (Å²) in [6, 6.07) is 9.77. The number of carbonyl (C=O) groups excluding carboxylic acids is 1. The van der Waals surface area contributed by atoms with Crippen LogP contribution in [-0.4, -0.2) is 24.0 Å². The molecule has 1 aliphatic rings. The van der Waals surface area contributed by atoms with Crippen molar-refractivity contribution in [1.29, 1.82) is 5.26 Å². The van der Waals surface area contributed by atoms with Crippen molar-refractivity contribution in [1.82, 2.24) is 10.2 Å². The van der Waals surface area contributed by atoms with Crippen molar-refractivity contribution in [2.75, 3.05) is 7.05 Å². The van der Waals surface area contributed by atoms with Crippen LogP contribution in [0, 0.1) is 11.3 Å². The van der Waals surface area contributed by atoms with E-state index in [1.807, 2.05) is 24.1 Å². The lowest BCUT2D eigenvalue weighted by Gasteiger charge is -2.31. The number of nitrogens with one attached hydrogen (secondary N) is 1. The first-order valence-corrected chi connectivity index (χ1v) is 7.20. The molecular formula is C16H21N3O. The number of nitriles is 1. The summed E-state index contributed by atoms with van der Waals surface area (Å²) in [6.45, 7) is 0.464. The van der Waals surface area contributed by atoms with Crippen molar-refractivity contribution in [3.63, 3.8) is 0 Å². The van der Waals surface area contributed by atoms with Gasteiger partial charge in [0.2, 0.25) is 0 Å². The predicted molar refractivity (Wildman–Crippen MR) is 78.0 cm³/mol. The molecule has 0 bridgehead atoms. The van der Waals surface area contributed by atoms with Crippen molar-refractivity contribution in [3.8, 4) is 6.07 Å². The Morgan fingerprint density at radius 2 is 2.15 bits per heavy atom. The summed E-state index contributed by atoms with van der Waals surface area (Å²) in [4.78, 5) is 13.9. The van der Waals surface area contributed by atoms with E-state index in [-0.39, 0.29) is 6.03 Å². The highest BCUT2D eigenvalue weighted by Crippen LogP contribution is 2.21.